The zero-order valence-electron chi connectivity index (χ0n) is 22.0. The second-order valence-electron chi connectivity index (χ2n) is 10.3. The SMILES string of the molecule is COC(=O)C1(n2cc(CNC(=O)NC3CCCCCC3)nn2)CCN(C(=O)c2[nH]c3ccccc3c2Br)CC1. The lowest BCUT2D eigenvalue weighted by molar-refractivity contribution is -0.154. The van der Waals surface area contributed by atoms with Gasteiger partial charge in [0.1, 0.15) is 11.4 Å². The fourth-order valence-corrected chi connectivity index (χ4v) is 6.24. The number of piperidine rings is 1. The first-order valence-corrected chi connectivity index (χ1v) is 14.3. The number of hydrogen-bond acceptors (Lipinski definition) is 6. The molecule has 3 amide bonds. The standard InChI is InChI=1S/C27H34BrN7O4/c1-39-25(37)27(35-17-19(32-33-35)16-29-26(38)30-18-8-4-2-3-5-9-18)12-14-34(15-13-27)24(36)23-22(28)20-10-6-7-11-21(20)31-23/h6-7,10-11,17-18,31H,2-5,8-9,12-16H2,1H3,(H2,29,30,38). The van der Waals surface area contributed by atoms with Crippen molar-refractivity contribution in [2.45, 2.75) is 69.5 Å². The number of halogens is 1. The lowest BCUT2D eigenvalue weighted by Gasteiger charge is -2.39. The fourth-order valence-electron chi connectivity index (χ4n) is 5.63. The van der Waals surface area contributed by atoms with E-state index in [4.69, 9.17) is 4.74 Å². The van der Waals surface area contributed by atoms with Crippen LogP contribution in [0.5, 0.6) is 0 Å². The van der Waals surface area contributed by atoms with Gasteiger partial charge < -0.3 is 25.3 Å². The number of nitrogens with zero attached hydrogens (tertiary/aromatic N) is 4. The molecule has 5 rings (SSSR count). The molecule has 39 heavy (non-hydrogen) atoms. The molecule has 0 radical (unpaired) electrons. The van der Waals surface area contributed by atoms with Crippen molar-refractivity contribution >= 4 is 44.7 Å². The first kappa shape index (κ1) is 27.2. The number of ether oxygens (including phenoxy) is 1. The van der Waals surface area contributed by atoms with Crippen LogP contribution in [0.25, 0.3) is 10.9 Å². The van der Waals surface area contributed by atoms with E-state index in [9.17, 15) is 14.4 Å². The van der Waals surface area contributed by atoms with Crippen LogP contribution in [0.3, 0.4) is 0 Å². The lowest BCUT2D eigenvalue weighted by atomic mass is 9.87. The lowest BCUT2D eigenvalue weighted by Crippen LogP contribution is -2.53. The van der Waals surface area contributed by atoms with Gasteiger partial charge >= 0.3 is 12.0 Å². The number of aromatic nitrogens is 4. The summed E-state index contributed by atoms with van der Waals surface area (Å²) in [5, 5.41) is 15.3. The first-order chi connectivity index (χ1) is 18.9. The summed E-state index contributed by atoms with van der Waals surface area (Å²) in [5.74, 6) is -0.573. The van der Waals surface area contributed by atoms with Gasteiger partial charge in [0.25, 0.3) is 5.91 Å². The molecule has 1 saturated heterocycles. The van der Waals surface area contributed by atoms with Gasteiger partial charge in [0.05, 0.1) is 24.3 Å². The van der Waals surface area contributed by atoms with Gasteiger partial charge in [-0.2, -0.15) is 0 Å². The number of H-pyrrole nitrogens is 1. The maximum Gasteiger partial charge on any atom is 0.334 e. The number of rotatable bonds is 6. The maximum atomic E-state index is 13.4. The normalized spacial score (nSPS) is 17.9. The van der Waals surface area contributed by atoms with Crippen molar-refractivity contribution in [3.8, 4) is 0 Å². The molecule has 0 spiro atoms. The van der Waals surface area contributed by atoms with E-state index >= 15 is 0 Å². The third-order valence-corrected chi connectivity index (χ3v) is 8.72. The summed E-state index contributed by atoms with van der Waals surface area (Å²) in [6.07, 6.45) is 9.03. The first-order valence-electron chi connectivity index (χ1n) is 13.5. The number of esters is 1. The Morgan fingerprint density at radius 1 is 1.13 bits per heavy atom. The van der Waals surface area contributed by atoms with Gasteiger partial charge in [-0.05, 0) is 34.8 Å². The minimum atomic E-state index is -1.09. The molecule has 208 valence electrons. The molecule has 2 fully saturated rings. The number of aromatic amines is 1. The van der Waals surface area contributed by atoms with Crippen molar-refractivity contribution in [1.82, 2.24) is 35.5 Å². The van der Waals surface area contributed by atoms with Crippen molar-refractivity contribution in [3.63, 3.8) is 0 Å². The molecule has 0 unspecified atom stereocenters. The van der Waals surface area contributed by atoms with E-state index in [0.717, 1.165) is 41.1 Å². The van der Waals surface area contributed by atoms with Gasteiger partial charge in [-0.3, -0.25) is 4.79 Å². The van der Waals surface area contributed by atoms with Gasteiger partial charge in [0.15, 0.2) is 5.54 Å². The monoisotopic (exact) mass is 599 g/mol. The van der Waals surface area contributed by atoms with Crippen molar-refractivity contribution in [2.24, 2.45) is 0 Å². The molecule has 11 nitrogen and oxygen atoms in total. The Morgan fingerprint density at radius 3 is 2.54 bits per heavy atom. The smallest absolute Gasteiger partial charge is 0.334 e. The molecule has 2 aliphatic rings. The van der Waals surface area contributed by atoms with Gasteiger partial charge in [-0.25, -0.2) is 14.3 Å². The van der Waals surface area contributed by atoms with Gasteiger partial charge in [0, 0.05) is 42.9 Å². The summed E-state index contributed by atoms with van der Waals surface area (Å²) in [7, 11) is 1.35. The zero-order chi connectivity index (χ0) is 27.4. The minimum Gasteiger partial charge on any atom is -0.467 e. The van der Waals surface area contributed by atoms with Crippen molar-refractivity contribution < 1.29 is 19.1 Å². The Bertz CT molecular complexity index is 1340. The van der Waals surface area contributed by atoms with Crippen molar-refractivity contribution in [2.75, 3.05) is 20.2 Å². The summed E-state index contributed by atoms with van der Waals surface area (Å²) in [5.41, 5.74) is 0.810. The predicted octanol–water partition coefficient (Wildman–Crippen LogP) is 3.85. The predicted molar refractivity (Wildman–Crippen MR) is 148 cm³/mol. The fraction of sp³-hybridized carbons (Fsp3) is 0.519. The molecule has 2 aromatic heterocycles. The topological polar surface area (TPSA) is 134 Å². The molecule has 3 heterocycles. The van der Waals surface area contributed by atoms with Crippen LogP contribution in [0.1, 0.15) is 67.5 Å². The number of hydrogen-bond donors (Lipinski definition) is 3. The minimum absolute atomic E-state index is 0.139. The summed E-state index contributed by atoms with van der Waals surface area (Å²) >= 11 is 3.56. The summed E-state index contributed by atoms with van der Waals surface area (Å²) in [4.78, 5) is 43.7. The van der Waals surface area contributed by atoms with Gasteiger partial charge in [0.2, 0.25) is 0 Å². The quantitative estimate of drug-likeness (QED) is 0.291. The van der Waals surface area contributed by atoms with Gasteiger partial charge in [-0.1, -0.05) is 49.1 Å². The van der Waals surface area contributed by atoms with Crippen LogP contribution >= 0.6 is 15.9 Å². The second-order valence-corrected chi connectivity index (χ2v) is 11.1. The molecule has 12 heteroatoms. The van der Waals surface area contributed by atoms with Crippen LogP contribution in [0.15, 0.2) is 34.9 Å². The van der Waals surface area contributed by atoms with E-state index in [1.54, 1.807) is 11.1 Å². The van der Waals surface area contributed by atoms with E-state index in [2.05, 4.69) is 41.9 Å². The Hall–Kier alpha value is -3.41. The number of carbonyl (C=O) groups excluding carboxylic acids is 3. The van der Waals surface area contributed by atoms with Gasteiger partial charge in [-0.15, -0.1) is 5.10 Å². The summed E-state index contributed by atoms with van der Waals surface area (Å²) in [6.45, 7) is 0.870. The number of amides is 3. The van der Waals surface area contributed by atoms with E-state index in [1.807, 2.05) is 24.3 Å². The highest BCUT2D eigenvalue weighted by atomic mass is 79.9. The van der Waals surface area contributed by atoms with Crippen LogP contribution in [-0.4, -0.2) is 69.0 Å². The average Bonchev–Trinajstić information content (AvgIpc) is 3.48. The zero-order valence-corrected chi connectivity index (χ0v) is 23.6. The van der Waals surface area contributed by atoms with E-state index in [1.165, 1.54) is 24.6 Å². The molecular weight excluding hydrogens is 566 g/mol. The number of para-hydroxylation sites is 1. The molecule has 1 saturated carbocycles. The van der Waals surface area contributed by atoms with E-state index in [-0.39, 0.29) is 24.5 Å². The van der Waals surface area contributed by atoms with Crippen LogP contribution in [0.2, 0.25) is 0 Å². The molecule has 1 aromatic carbocycles. The van der Waals surface area contributed by atoms with Crippen LogP contribution < -0.4 is 10.6 Å². The molecule has 0 atom stereocenters. The number of likely N-dealkylation sites (tertiary alicyclic amines) is 1. The maximum absolute atomic E-state index is 13.4. The molecule has 1 aliphatic carbocycles. The van der Waals surface area contributed by atoms with Crippen LogP contribution in [0.4, 0.5) is 4.79 Å². The summed E-state index contributed by atoms with van der Waals surface area (Å²) in [6, 6.07) is 7.68. The van der Waals surface area contributed by atoms with E-state index < -0.39 is 11.5 Å². The van der Waals surface area contributed by atoms with Crippen molar-refractivity contribution in [1.29, 1.82) is 0 Å². The molecule has 3 N–H and O–H groups in total. The highest BCUT2D eigenvalue weighted by Crippen LogP contribution is 2.34. The third kappa shape index (κ3) is 5.66. The van der Waals surface area contributed by atoms with Crippen LogP contribution in [-0.2, 0) is 21.6 Å². The molecule has 0 bridgehead atoms. The Morgan fingerprint density at radius 2 is 1.85 bits per heavy atom. The highest BCUT2D eigenvalue weighted by Gasteiger charge is 2.46. The number of nitrogens with one attached hydrogen (secondary N) is 3. The average molecular weight is 601 g/mol. The largest absolute Gasteiger partial charge is 0.467 e. The second kappa shape index (κ2) is 11.8. The third-order valence-electron chi connectivity index (χ3n) is 7.90. The number of methoxy groups -OCH3 is 1. The molecule has 3 aromatic rings. The highest BCUT2D eigenvalue weighted by molar-refractivity contribution is 9.10. The summed E-state index contributed by atoms with van der Waals surface area (Å²) < 4.78 is 7.42. The van der Waals surface area contributed by atoms with Crippen molar-refractivity contribution in [3.05, 3.63) is 46.3 Å². The molecule has 1 aliphatic heterocycles. The number of fused-ring (bicyclic) bond motifs is 1. The Balaban J connectivity index is 1.23. The number of carbonyl (C=O) groups is 3. The Labute approximate surface area is 235 Å². The number of urea groups is 1. The Kier molecular flexibility index (Phi) is 8.20. The van der Waals surface area contributed by atoms with E-state index in [0.29, 0.717) is 37.3 Å². The molecular formula is C27H34BrN7O4. The number of benzene rings is 1. The van der Waals surface area contributed by atoms with Crippen LogP contribution in [0, 0.1) is 0 Å².